The Morgan fingerprint density at radius 3 is 2.67 bits per heavy atom. The number of halogens is 3. The summed E-state index contributed by atoms with van der Waals surface area (Å²) in [4.78, 5) is 17.8. The molecule has 0 radical (unpaired) electrons. The summed E-state index contributed by atoms with van der Waals surface area (Å²) in [5.74, 6) is -0.355. The van der Waals surface area contributed by atoms with E-state index in [4.69, 9.17) is 9.47 Å². The number of carbonyl (C=O) groups excluding carboxylic acids is 1. The molecular weight excluding hydrogens is 325 g/mol. The van der Waals surface area contributed by atoms with Crippen molar-refractivity contribution < 1.29 is 27.4 Å². The number of hydrogen-bond acceptors (Lipinski definition) is 4. The van der Waals surface area contributed by atoms with E-state index in [0.29, 0.717) is 19.7 Å². The molecule has 0 spiro atoms. The summed E-state index contributed by atoms with van der Waals surface area (Å²) in [6, 6.07) is 2.01. The highest BCUT2D eigenvalue weighted by atomic mass is 19.4. The molecule has 134 valence electrons. The van der Waals surface area contributed by atoms with E-state index in [1.54, 1.807) is 12.0 Å². The second kappa shape index (κ2) is 6.68. The highest BCUT2D eigenvalue weighted by Crippen LogP contribution is 2.29. The van der Waals surface area contributed by atoms with Crippen LogP contribution < -0.4 is 0 Å². The molecule has 1 fully saturated rings. The Bertz CT molecular complexity index is 617. The quantitative estimate of drug-likeness (QED) is 0.844. The van der Waals surface area contributed by atoms with Gasteiger partial charge in [0, 0.05) is 20.2 Å². The zero-order chi connectivity index (χ0) is 18.1. The molecule has 1 aromatic rings. The molecule has 1 aromatic heterocycles. The van der Waals surface area contributed by atoms with Crippen LogP contribution in [0, 0.1) is 6.92 Å². The highest BCUT2D eigenvalue weighted by molar-refractivity contribution is 5.95. The van der Waals surface area contributed by atoms with Crippen molar-refractivity contribution in [3.63, 3.8) is 0 Å². The number of alkyl halides is 3. The summed E-state index contributed by atoms with van der Waals surface area (Å²) in [5.41, 5.74) is -1.35. The first-order chi connectivity index (χ1) is 11.0. The van der Waals surface area contributed by atoms with E-state index >= 15 is 0 Å². The Morgan fingerprint density at radius 1 is 1.46 bits per heavy atom. The number of carbonyl (C=O) groups is 1. The van der Waals surface area contributed by atoms with E-state index in [2.05, 4.69) is 4.98 Å². The van der Waals surface area contributed by atoms with E-state index in [0.717, 1.165) is 6.07 Å². The lowest BCUT2D eigenvalue weighted by Crippen LogP contribution is -2.55. The fraction of sp³-hybridized carbons (Fsp3) is 0.625. The van der Waals surface area contributed by atoms with Crippen molar-refractivity contribution in [2.75, 3.05) is 26.8 Å². The first kappa shape index (κ1) is 18.7. The van der Waals surface area contributed by atoms with Crippen LogP contribution in [0.1, 0.15) is 35.6 Å². The first-order valence-corrected chi connectivity index (χ1v) is 7.54. The summed E-state index contributed by atoms with van der Waals surface area (Å²) >= 11 is 0. The Kier molecular flexibility index (Phi) is 5.19. The van der Waals surface area contributed by atoms with Gasteiger partial charge < -0.3 is 14.4 Å². The second-order valence-electron chi connectivity index (χ2n) is 6.47. The molecule has 2 heterocycles. The Balaban J connectivity index is 2.24. The number of aromatic nitrogens is 1. The molecule has 8 heteroatoms. The third-order valence-corrected chi connectivity index (χ3v) is 3.73. The summed E-state index contributed by atoms with van der Waals surface area (Å²) in [5, 5.41) is 0. The van der Waals surface area contributed by atoms with Gasteiger partial charge >= 0.3 is 6.18 Å². The number of hydrogen-bond donors (Lipinski definition) is 0. The summed E-state index contributed by atoms with van der Waals surface area (Å²) in [6.07, 6.45) is -4.82. The number of aryl methyl sites for hydroxylation is 1. The summed E-state index contributed by atoms with van der Waals surface area (Å²) < 4.78 is 49.0. The van der Waals surface area contributed by atoms with Gasteiger partial charge in [-0.05, 0) is 32.9 Å². The molecular formula is C16H21F3N2O3. The predicted molar refractivity (Wildman–Crippen MR) is 80.7 cm³/mol. The van der Waals surface area contributed by atoms with Crippen LogP contribution in [0.4, 0.5) is 13.2 Å². The molecule has 0 saturated carbocycles. The zero-order valence-corrected chi connectivity index (χ0v) is 14.1. The predicted octanol–water partition coefficient (Wildman–Crippen LogP) is 2.67. The minimum Gasteiger partial charge on any atom is -0.382 e. The minimum atomic E-state index is -4.53. The van der Waals surface area contributed by atoms with Gasteiger partial charge in [-0.2, -0.15) is 13.2 Å². The maximum atomic E-state index is 12.7. The van der Waals surface area contributed by atoms with Crippen molar-refractivity contribution in [2.24, 2.45) is 0 Å². The molecule has 0 bridgehead atoms. The average Bonchev–Trinajstić information content (AvgIpc) is 2.44. The molecule has 1 saturated heterocycles. The van der Waals surface area contributed by atoms with Crippen LogP contribution in [0.5, 0.6) is 0 Å². The molecule has 0 N–H and O–H groups in total. The van der Waals surface area contributed by atoms with Crippen molar-refractivity contribution in [3.05, 3.63) is 29.1 Å². The minimum absolute atomic E-state index is 0.0578. The van der Waals surface area contributed by atoms with Crippen LogP contribution in [0.2, 0.25) is 0 Å². The summed E-state index contributed by atoms with van der Waals surface area (Å²) in [6.45, 7) is 6.10. The molecule has 0 aliphatic carbocycles. The SMILES string of the molecule is COC[C@@H]1CN(C(=O)c2ccc(C(F)(F)F)nc2C)CC(C)(C)O1. The third-order valence-electron chi connectivity index (χ3n) is 3.73. The molecule has 1 amide bonds. The lowest BCUT2D eigenvalue weighted by Gasteiger charge is -2.42. The summed E-state index contributed by atoms with van der Waals surface area (Å²) in [7, 11) is 1.54. The number of morpholine rings is 1. The fourth-order valence-corrected chi connectivity index (χ4v) is 2.84. The maximum Gasteiger partial charge on any atom is 0.433 e. The van der Waals surface area contributed by atoms with Gasteiger partial charge in [-0.3, -0.25) is 4.79 Å². The number of ether oxygens (including phenoxy) is 2. The third kappa shape index (κ3) is 4.24. The molecule has 24 heavy (non-hydrogen) atoms. The normalized spacial score (nSPS) is 21.0. The number of methoxy groups -OCH3 is 1. The maximum absolute atomic E-state index is 12.7. The topological polar surface area (TPSA) is 51.7 Å². The van der Waals surface area contributed by atoms with Gasteiger partial charge in [0.05, 0.1) is 29.6 Å². The molecule has 5 nitrogen and oxygen atoms in total. The monoisotopic (exact) mass is 346 g/mol. The van der Waals surface area contributed by atoms with Crippen LogP contribution in [0.15, 0.2) is 12.1 Å². The van der Waals surface area contributed by atoms with Crippen molar-refractivity contribution in [1.82, 2.24) is 9.88 Å². The van der Waals surface area contributed by atoms with Gasteiger partial charge in [-0.25, -0.2) is 4.98 Å². The van der Waals surface area contributed by atoms with Gasteiger partial charge in [-0.1, -0.05) is 0 Å². The van der Waals surface area contributed by atoms with Crippen LogP contribution in [0.3, 0.4) is 0 Å². The van der Waals surface area contributed by atoms with Crippen LogP contribution >= 0.6 is 0 Å². The molecule has 0 aromatic carbocycles. The van der Waals surface area contributed by atoms with Gasteiger partial charge in [0.15, 0.2) is 0 Å². The van der Waals surface area contributed by atoms with Crippen molar-refractivity contribution in [3.8, 4) is 0 Å². The van der Waals surface area contributed by atoms with Crippen LogP contribution in [-0.2, 0) is 15.7 Å². The van der Waals surface area contributed by atoms with Gasteiger partial charge in [0.25, 0.3) is 5.91 Å². The Labute approximate surface area is 138 Å². The molecule has 1 atom stereocenters. The highest BCUT2D eigenvalue weighted by Gasteiger charge is 2.37. The molecule has 1 aliphatic heterocycles. The fourth-order valence-electron chi connectivity index (χ4n) is 2.84. The lowest BCUT2D eigenvalue weighted by atomic mass is 10.0. The Hall–Kier alpha value is -1.67. The molecule has 2 rings (SSSR count). The second-order valence-corrected chi connectivity index (χ2v) is 6.47. The first-order valence-electron chi connectivity index (χ1n) is 7.54. The number of nitrogens with zero attached hydrogens (tertiary/aromatic N) is 2. The van der Waals surface area contributed by atoms with E-state index in [9.17, 15) is 18.0 Å². The average molecular weight is 346 g/mol. The smallest absolute Gasteiger partial charge is 0.382 e. The van der Waals surface area contributed by atoms with Crippen molar-refractivity contribution in [2.45, 2.75) is 38.7 Å². The number of rotatable bonds is 3. The number of amides is 1. The largest absolute Gasteiger partial charge is 0.433 e. The number of pyridine rings is 1. The van der Waals surface area contributed by atoms with Gasteiger partial charge in [0.2, 0.25) is 0 Å². The Morgan fingerprint density at radius 2 is 2.12 bits per heavy atom. The van der Waals surface area contributed by atoms with Crippen LogP contribution in [-0.4, -0.2) is 54.3 Å². The van der Waals surface area contributed by atoms with Crippen molar-refractivity contribution >= 4 is 5.91 Å². The lowest BCUT2D eigenvalue weighted by molar-refractivity contribution is -0.143. The zero-order valence-electron chi connectivity index (χ0n) is 14.1. The van der Waals surface area contributed by atoms with E-state index in [1.165, 1.54) is 13.0 Å². The van der Waals surface area contributed by atoms with Gasteiger partial charge in [-0.15, -0.1) is 0 Å². The van der Waals surface area contributed by atoms with E-state index in [-0.39, 0.29) is 23.3 Å². The van der Waals surface area contributed by atoms with Crippen LogP contribution in [0.25, 0.3) is 0 Å². The van der Waals surface area contributed by atoms with E-state index in [1.807, 2.05) is 13.8 Å². The molecule has 0 unspecified atom stereocenters. The molecule has 1 aliphatic rings. The van der Waals surface area contributed by atoms with E-state index < -0.39 is 17.5 Å². The standard InChI is InChI=1S/C16H21F3N2O3/c1-10-12(5-6-13(20-10)16(17,18)19)14(22)21-7-11(8-23-4)24-15(2,3)9-21/h5-6,11H,7-9H2,1-4H3/t11-/m0/s1. The van der Waals surface area contributed by atoms with Gasteiger partial charge in [0.1, 0.15) is 5.69 Å². The van der Waals surface area contributed by atoms with Crippen molar-refractivity contribution in [1.29, 1.82) is 0 Å².